The predicted octanol–water partition coefficient (Wildman–Crippen LogP) is 2.45. The van der Waals surface area contributed by atoms with Gasteiger partial charge < -0.3 is 15.0 Å². The van der Waals surface area contributed by atoms with Gasteiger partial charge in [-0.05, 0) is 24.3 Å². The molecule has 2 N–H and O–H groups in total. The highest BCUT2D eigenvalue weighted by molar-refractivity contribution is 5.95. The fourth-order valence-corrected chi connectivity index (χ4v) is 2.49. The number of benzene rings is 2. The monoisotopic (exact) mass is 340 g/mol. The molecule has 3 aromatic rings. The van der Waals surface area contributed by atoms with Gasteiger partial charge in [0.1, 0.15) is 5.82 Å². The number of aromatic nitrogens is 2. The Morgan fingerprint density at radius 3 is 2.84 bits per heavy atom. The van der Waals surface area contributed by atoms with Crippen molar-refractivity contribution in [1.29, 1.82) is 0 Å². The molecule has 8 nitrogen and oxygen atoms in total. The molecule has 0 aliphatic carbocycles. The van der Waals surface area contributed by atoms with Gasteiger partial charge in [0.25, 0.3) is 5.91 Å². The Kier molecular flexibility index (Phi) is 4.60. The van der Waals surface area contributed by atoms with E-state index in [0.29, 0.717) is 13.0 Å². The lowest BCUT2D eigenvalue weighted by Crippen LogP contribution is -2.26. The summed E-state index contributed by atoms with van der Waals surface area (Å²) in [6.45, 7) is 0.360. The molecule has 1 aromatic heterocycles. The Balaban J connectivity index is 1.64. The molecule has 0 radical (unpaired) electrons. The topological polar surface area (TPSA) is 110 Å². The molecule has 25 heavy (non-hydrogen) atoms. The third-order valence-electron chi connectivity index (χ3n) is 3.72. The van der Waals surface area contributed by atoms with Gasteiger partial charge in [0.15, 0.2) is 5.75 Å². The Morgan fingerprint density at radius 2 is 2.12 bits per heavy atom. The van der Waals surface area contributed by atoms with Crippen molar-refractivity contribution in [2.24, 2.45) is 0 Å². The first kappa shape index (κ1) is 16.4. The number of methoxy groups -OCH3 is 1. The molecule has 3 rings (SSSR count). The number of rotatable bonds is 6. The molecule has 0 fully saturated rings. The maximum Gasteiger partial charge on any atom is 0.311 e. The summed E-state index contributed by atoms with van der Waals surface area (Å²) in [7, 11) is 1.34. The lowest BCUT2D eigenvalue weighted by atomic mass is 10.1. The molecular weight excluding hydrogens is 324 g/mol. The molecule has 8 heteroatoms. The van der Waals surface area contributed by atoms with Crippen LogP contribution >= 0.6 is 0 Å². The Hall–Kier alpha value is -3.42. The highest BCUT2D eigenvalue weighted by Gasteiger charge is 2.18. The van der Waals surface area contributed by atoms with Crippen molar-refractivity contribution in [3.63, 3.8) is 0 Å². The number of fused-ring (bicyclic) bond motifs is 1. The second-order valence-electron chi connectivity index (χ2n) is 5.35. The number of ether oxygens (including phenoxy) is 1. The predicted molar refractivity (Wildman–Crippen MR) is 91.8 cm³/mol. The van der Waals surface area contributed by atoms with Crippen LogP contribution in [0.5, 0.6) is 5.75 Å². The zero-order valence-corrected chi connectivity index (χ0v) is 13.5. The number of imidazole rings is 1. The minimum absolute atomic E-state index is 0.115. The number of hydrogen-bond acceptors (Lipinski definition) is 5. The lowest BCUT2D eigenvalue weighted by molar-refractivity contribution is -0.385. The van der Waals surface area contributed by atoms with E-state index in [4.69, 9.17) is 4.74 Å². The van der Waals surface area contributed by atoms with Gasteiger partial charge in [0.05, 0.1) is 23.1 Å². The number of para-hydroxylation sites is 2. The summed E-state index contributed by atoms with van der Waals surface area (Å²) in [6, 6.07) is 11.8. The molecular formula is C17H16N4O4. The molecule has 0 aliphatic rings. The maximum absolute atomic E-state index is 12.2. The van der Waals surface area contributed by atoms with Gasteiger partial charge >= 0.3 is 5.69 Å². The second kappa shape index (κ2) is 7.00. The highest BCUT2D eigenvalue weighted by Crippen LogP contribution is 2.27. The number of H-pyrrole nitrogens is 1. The molecule has 0 aliphatic heterocycles. The minimum Gasteiger partial charge on any atom is -0.490 e. The number of amides is 1. The number of carbonyl (C=O) groups excluding carboxylic acids is 1. The molecule has 0 bridgehead atoms. The fraction of sp³-hybridized carbons (Fsp3) is 0.176. The van der Waals surface area contributed by atoms with Crippen molar-refractivity contribution in [3.8, 4) is 5.75 Å². The first-order valence-electron chi connectivity index (χ1n) is 7.62. The van der Waals surface area contributed by atoms with Crippen LogP contribution in [0.25, 0.3) is 11.0 Å². The van der Waals surface area contributed by atoms with Gasteiger partial charge in [-0.15, -0.1) is 0 Å². The van der Waals surface area contributed by atoms with Gasteiger partial charge in [-0.3, -0.25) is 14.9 Å². The van der Waals surface area contributed by atoms with Crippen LogP contribution < -0.4 is 10.1 Å². The average Bonchev–Trinajstić information content (AvgIpc) is 3.03. The average molecular weight is 340 g/mol. The molecule has 0 saturated carbocycles. The van der Waals surface area contributed by atoms with Crippen LogP contribution in [-0.4, -0.2) is 34.5 Å². The van der Waals surface area contributed by atoms with Gasteiger partial charge in [-0.25, -0.2) is 4.98 Å². The molecule has 0 atom stereocenters. The molecule has 2 aromatic carbocycles. The van der Waals surface area contributed by atoms with Crippen molar-refractivity contribution in [1.82, 2.24) is 15.3 Å². The summed E-state index contributed by atoms with van der Waals surface area (Å²) in [5.74, 6) is 0.493. The zero-order chi connectivity index (χ0) is 17.8. The number of nitrogens with one attached hydrogen (secondary N) is 2. The maximum atomic E-state index is 12.2. The SMILES string of the molecule is COc1ccc(C(=O)NCCc2nc3ccccc3[nH]2)cc1[N+](=O)[O-]. The smallest absolute Gasteiger partial charge is 0.311 e. The van der Waals surface area contributed by atoms with E-state index in [1.807, 2.05) is 24.3 Å². The van der Waals surface area contributed by atoms with Crippen LogP contribution in [0.15, 0.2) is 42.5 Å². The van der Waals surface area contributed by atoms with Crippen LogP contribution in [0.1, 0.15) is 16.2 Å². The Labute approximate surface area is 143 Å². The summed E-state index contributed by atoms with van der Waals surface area (Å²) < 4.78 is 4.92. The van der Waals surface area contributed by atoms with Gasteiger partial charge in [0.2, 0.25) is 0 Å². The Morgan fingerprint density at radius 1 is 1.32 bits per heavy atom. The molecule has 1 heterocycles. The van der Waals surface area contributed by atoms with Crippen molar-refractivity contribution in [2.45, 2.75) is 6.42 Å². The Bertz CT molecular complexity index is 902. The van der Waals surface area contributed by atoms with Crippen molar-refractivity contribution in [2.75, 3.05) is 13.7 Å². The molecule has 1 amide bonds. The molecule has 0 unspecified atom stereocenters. The highest BCUT2D eigenvalue weighted by atomic mass is 16.6. The first-order valence-corrected chi connectivity index (χ1v) is 7.62. The van der Waals surface area contributed by atoms with Gasteiger partial charge in [-0.2, -0.15) is 0 Å². The standard InChI is InChI=1S/C17H16N4O4/c1-25-15-7-6-11(10-14(15)21(23)24)17(22)18-9-8-16-19-12-4-2-3-5-13(12)20-16/h2-7,10H,8-9H2,1H3,(H,18,22)(H,19,20). The number of aromatic amines is 1. The third kappa shape index (κ3) is 3.57. The summed E-state index contributed by atoms with van der Waals surface area (Å²) in [6.07, 6.45) is 0.526. The lowest BCUT2D eigenvalue weighted by Gasteiger charge is -2.06. The first-order chi connectivity index (χ1) is 12.1. The van der Waals surface area contributed by atoms with Gasteiger partial charge in [0, 0.05) is 24.6 Å². The van der Waals surface area contributed by atoms with E-state index in [0.717, 1.165) is 16.9 Å². The second-order valence-corrected chi connectivity index (χ2v) is 5.35. The number of carbonyl (C=O) groups is 1. The minimum atomic E-state index is -0.579. The summed E-state index contributed by atoms with van der Waals surface area (Å²) in [4.78, 5) is 30.2. The van der Waals surface area contributed by atoms with Crippen LogP contribution in [0, 0.1) is 10.1 Å². The largest absolute Gasteiger partial charge is 0.490 e. The number of nitro groups is 1. The van der Waals surface area contributed by atoms with Crippen LogP contribution in [-0.2, 0) is 6.42 Å². The summed E-state index contributed by atoms with van der Waals surface area (Å²) >= 11 is 0. The van der Waals surface area contributed by atoms with E-state index in [1.54, 1.807) is 0 Å². The van der Waals surface area contributed by atoms with Crippen molar-refractivity contribution < 1.29 is 14.5 Å². The summed E-state index contributed by atoms with van der Waals surface area (Å²) in [5.41, 5.74) is 1.77. The van der Waals surface area contributed by atoms with Crippen LogP contribution in [0.4, 0.5) is 5.69 Å². The number of hydrogen-bond donors (Lipinski definition) is 2. The molecule has 0 saturated heterocycles. The molecule has 128 valence electrons. The van der Waals surface area contributed by atoms with E-state index in [-0.39, 0.29) is 22.9 Å². The van der Waals surface area contributed by atoms with E-state index in [9.17, 15) is 14.9 Å². The molecule has 0 spiro atoms. The van der Waals surface area contributed by atoms with Crippen LogP contribution in [0.3, 0.4) is 0 Å². The van der Waals surface area contributed by atoms with E-state index in [2.05, 4.69) is 15.3 Å². The van der Waals surface area contributed by atoms with E-state index < -0.39 is 4.92 Å². The fourth-order valence-electron chi connectivity index (χ4n) is 2.49. The normalized spacial score (nSPS) is 10.6. The van der Waals surface area contributed by atoms with Gasteiger partial charge in [-0.1, -0.05) is 12.1 Å². The summed E-state index contributed by atoms with van der Waals surface area (Å²) in [5, 5.41) is 13.8. The number of nitro benzene ring substituents is 1. The van der Waals surface area contributed by atoms with E-state index >= 15 is 0 Å². The zero-order valence-electron chi connectivity index (χ0n) is 13.5. The third-order valence-corrected chi connectivity index (χ3v) is 3.72. The van der Waals surface area contributed by atoms with Crippen molar-refractivity contribution in [3.05, 3.63) is 64.0 Å². The van der Waals surface area contributed by atoms with Crippen LogP contribution in [0.2, 0.25) is 0 Å². The van der Waals surface area contributed by atoms with Crippen molar-refractivity contribution >= 4 is 22.6 Å². The number of nitrogens with zero attached hydrogens (tertiary/aromatic N) is 2. The van der Waals surface area contributed by atoms with E-state index in [1.165, 1.54) is 25.3 Å². The quantitative estimate of drug-likeness (QED) is 0.529.